The minimum absolute atomic E-state index is 0.0113. The van der Waals surface area contributed by atoms with E-state index in [4.69, 9.17) is 21.0 Å². The van der Waals surface area contributed by atoms with Gasteiger partial charge in [0, 0.05) is 30.8 Å². The van der Waals surface area contributed by atoms with Gasteiger partial charge in [-0.2, -0.15) is 0 Å². The zero-order valence-electron chi connectivity index (χ0n) is 20.2. The third-order valence-corrected chi connectivity index (χ3v) is 6.69. The third-order valence-electron chi connectivity index (χ3n) is 6.47. The maximum atomic E-state index is 14.0. The van der Waals surface area contributed by atoms with Gasteiger partial charge in [-0.1, -0.05) is 17.7 Å². The summed E-state index contributed by atoms with van der Waals surface area (Å²) in [6, 6.07) is 6.98. The molecule has 4 aromatic rings. The molecular weight excluding hydrogens is 502 g/mol. The summed E-state index contributed by atoms with van der Waals surface area (Å²) in [5, 5.41) is 8.77. The molecule has 0 spiro atoms. The predicted molar refractivity (Wildman–Crippen MR) is 132 cm³/mol. The lowest BCUT2D eigenvalue weighted by molar-refractivity contribution is -0.131. The van der Waals surface area contributed by atoms with Gasteiger partial charge in [0.1, 0.15) is 22.6 Å². The minimum atomic E-state index is -0.715. The number of hydrogen-bond donors (Lipinski definition) is 0. The molecule has 37 heavy (non-hydrogen) atoms. The molecule has 0 bridgehead atoms. The first-order chi connectivity index (χ1) is 17.8. The highest BCUT2D eigenvalue weighted by Crippen LogP contribution is 2.36. The summed E-state index contributed by atoms with van der Waals surface area (Å²) in [5.41, 5.74) is 2.59. The summed E-state index contributed by atoms with van der Waals surface area (Å²) in [6.07, 6.45) is 2.48. The lowest BCUT2D eigenvalue weighted by atomic mass is 9.89. The van der Waals surface area contributed by atoms with E-state index >= 15 is 0 Å². The number of pyridine rings is 1. The minimum Gasteiger partial charge on any atom is -0.416 e. The maximum Gasteiger partial charge on any atom is 0.251 e. The van der Waals surface area contributed by atoms with Crippen LogP contribution in [0, 0.1) is 25.5 Å². The second-order valence-electron chi connectivity index (χ2n) is 8.93. The van der Waals surface area contributed by atoms with Crippen LogP contribution in [0.2, 0.25) is 5.15 Å². The predicted octanol–water partition coefficient (Wildman–Crippen LogP) is 5.09. The van der Waals surface area contributed by atoms with Crippen molar-refractivity contribution in [3.63, 3.8) is 0 Å². The number of carbonyl (C=O) groups is 1. The first-order valence-electron chi connectivity index (χ1n) is 11.8. The average Bonchev–Trinajstić information content (AvgIpc) is 3.36. The summed E-state index contributed by atoms with van der Waals surface area (Å²) in [6.45, 7) is 4.56. The van der Waals surface area contributed by atoms with Gasteiger partial charge in [-0.25, -0.2) is 23.7 Å². The highest BCUT2D eigenvalue weighted by molar-refractivity contribution is 6.29. The van der Waals surface area contributed by atoms with Gasteiger partial charge < -0.3 is 9.32 Å². The number of likely N-dealkylation sites (tertiary alicyclic amines) is 1. The van der Waals surface area contributed by atoms with E-state index < -0.39 is 11.6 Å². The van der Waals surface area contributed by atoms with E-state index in [9.17, 15) is 13.6 Å². The van der Waals surface area contributed by atoms with Crippen LogP contribution in [0.25, 0.3) is 22.9 Å². The van der Waals surface area contributed by atoms with Gasteiger partial charge in [0.2, 0.25) is 11.8 Å². The molecule has 1 aliphatic heterocycles. The SMILES string of the molecule is Cc1nc(C)c(-c2nnc(-c3ccc(Cl)nc3)o2)c(C2CCN(C(=O)Cc3c(F)cccc3F)CC2)n1. The molecule has 5 rings (SSSR count). The van der Waals surface area contributed by atoms with Gasteiger partial charge in [0.05, 0.1) is 28.9 Å². The molecule has 1 aromatic carbocycles. The zero-order valence-corrected chi connectivity index (χ0v) is 21.0. The Hall–Kier alpha value is -3.79. The Morgan fingerprint density at radius 2 is 1.76 bits per heavy atom. The second-order valence-corrected chi connectivity index (χ2v) is 9.32. The van der Waals surface area contributed by atoms with Gasteiger partial charge >= 0.3 is 0 Å². The summed E-state index contributed by atoms with van der Waals surface area (Å²) in [5.74, 6) is -0.516. The largest absolute Gasteiger partial charge is 0.416 e. The van der Waals surface area contributed by atoms with Gasteiger partial charge in [0.25, 0.3) is 5.89 Å². The van der Waals surface area contributed by atoms with Crippen molar-refractivity contribution in [3.05, 3.63) is 76.1 Å². The van der Waals surface area contributed by atoms with E-state index in [0.717, 1.165) is 17.8 Å². The van der Waals surface area contributed by atoms with Crippen LogP contribution in [0.3, 0.4) is 0 Å². The molecule has 0 N–H and O–H groups in total. The van der Waals surface area contributed by atoms with Crippen LogP contribution >= 0.6 is 11.6 Å². The number of aryl methyl sites for hydroxylation is 2. The van der Waals surface area contributed by atoms with Crippen LogP contribution in [-0.2, 0) is 11.2 Å². The van der Waals surface area contributed by atoms with E-state index in [0.29, 0.717) is 65.5 Å². The summed E-state index contributed by atoms with van der Waals surface area (Å²) in [4.78, 5) is 27.7. The van der Waals surface area contributed by atoms with E-state index in [1.54, 1.807) is 23.2 Å². The molecule has 0 radical (unpaired) electrons. The Labute approximate surface area is 216 Å². The first-order valence-corrected chi connectivity index (χ1v) is 12.2. The van der Waals surface area contributed by atoms with Gasteiger partial charge in [-0.05, 0) is 51.0 Å². The Morgan fingerprint density at radius 3 is 2.43 bits per heavy atom. The van der Waals surface area contributed by atoms with Crippen molar-refractivity contribution in [2.75, 3.05) is 13.1 Å². The van der Waals surface area contributed by atoms with E-state index in [1.807, 2.05) is 13.8 Å². The lowest BCUT2D eigenvalue weighted by Crippen LogP contribution is -2.39. The van der Waals surface area contributed by atoms with E-state index in [1.165, 1.54) is 6.07 Å². The third kappa shape index (κ3) is 5.20. The quantitative estimate of drug-likeness (QED) is 0.335. The Balaban J connectivity index is 1.35. The lowest BCUT2D eigenvalue weighted by Gasteiger charge is -2.32. The highest BCUT2D eigenvalue weighted by Gasteiger charge is 2.30. The molecule has 0 unspecified atom stereocenters. The molecule has 0 aliphatic carbocycles. The zero-order chi connectivity index (χ0) is 26.1. The number of piperidine rings is 1. The molecule has 8 nitrogen and oxygen atoms in total. The van der Waals surface area contributed by atoms with Crippen LogP contribution in [0.1, 0.15) is 41.5 Å². The van der Waals surface area contributed by atoms with E-state index in [-0.39, 0.29) is 23.8 Å². The van der Waals surface area contributed by atoms with E-state index in [2.05, 4.69) is 20.2 Å². The number of carbonyl (C=O) groups excluding carboxylic acids is 1. The molecule has 1 saturated heterocycles. The number of halogens is 3. The molecule has 190 valence electrons. The number of benzene rings is 1. The number of hydrogen-bond acceptors (Lipinski definition) is 7. The molecule has 0 atom stereocenters. The number of aromatic nitrogens is 5. The molecule has 1 fully saturated rings. The summed E-state index contributed by atoms with van der Waals surface area (Å²) in [7, 11) is 0. The smallest absolute Gasteiger partial charge is 0.251 e. The number of rotatable bonds is 5. The molecule has 1 amide bonds. The number of nitrogens with zero attached hydrogens (tertiary/aromatic N) is 6. The van der Waals surface area contributed by atoms with Crippen molar-refractivity contribution in [1.82, 2.24) is 30.0 Å². The first kappa shape index (κ1) is 24.9. The van der Waals surface area contributed by atoms with Crippen molar-refractivity contribution in [1.29, 1.82) is 0 Å². The van der Waals surface area contributed by atoms with Gasteiger partial charge in [-0.15, -0.1) is 10.2 Å². The standard InChI is InChI=1S/C26H23ClF2N6O2/c1-14-23(26-34-33-25(37-26)17-6-7-21(27)30-13-17)24(32-15(2)31-14)16-8-10-35(11-9-16)22(36)12-18-19(28)4-3-5-20(18)29/h3-7,13,16H,8-12H2,1-2H3. The van der Waals surface area contributed by atoms with Crippen molar-refractivity contribution in [3.8, 4) is 22.9 Å². The molecular formula is C26H23ClF2N6O2. The molecule has 1 aliphatic rings. The van der Waals surface area contributed by atoms with Gasteiger partial charge in [0.15, 0.2) is 0 Å². The molecule has 3 aromatic heterocycles. The Morgan fingerprint density at radius 1 is 1.05 bits per heavy atom. The molecule has 11 heteroatoms. The highest BCUT2D eigenvalue weighted by atomic mass is 35.5. The Bertz CT molecular complexity index is 1430. The summed E-state index contributed by atoms with van der Waals surface area (Å²) >= 11 is 5.87. The van der Waals surface area contributed by atoms with Crippen LogP contribution < -0.4 is 0 Å². The van der Waals surface area contributed by atoms with Crippen molar-refractivity contribution >= 4 is 17.5 Å². The van der Waals surface area contributed by atoms with Crippen LogP contribution in [0.4, 0.5) is 8.78 Å². The fourth-order valence-electron chi connectivity index (χ4n) is 4.61. The molecule has 4 heterocycles. The van der Waals surface area contributed by atoms with Crippen molar-refractivity contribution < 1.29 is 18.0 Å². The van der Waals surface area contributed by atoms with Crippen LogP contribution in [-0.4, -0.2) is 49.0 Å². The maximum absolute atomic E-state index is 14.0. The normalized spacial score (nSPS) is 14.2. The monoisotopic (exact) mass is 524 g/mol. The second kappa shape index (κ2) is 10.3. The Kier molecular flexibility index (Phi) is 6.92. The van der Waals surface area contributed by atoms with Crippen molar-refractivity contribution in [2.24, 2.45) is 0 Å². The average molecular weight is 525 g/mol. The fraction of sp³-hybridized carbons (Fsp3) is 0.308. The summed E-state index contributed by atoms with van der Waals surface area (Å²) < 4.78 is 34.0. The fourth-order valence-corrected chi connectivity index (χ4v) is 4.72. The van der Waals surface area contributed by atoms with Gasteiger partial charge in [-0.3, -0.25) is 4.79 Å². The van der Waals surface area contributed by atoms with Crippen molar-refractivity contribution in [2.45, 2.75) is 39.0 Å². The van der Waals surface area contributed by atoms with Crippen LogP contribution in [0.5, 0.6) is 0 Å². The topological polar surface area (TPSA) is 97.9 Å². The number of amides is 1. The molecule has 0 saturated carbocycles. The van der Waals surface area contributed by atoms with Crippen LogP contribution in [0.15, 0.2) is 40.9 Å².